The monoisotopic (exact) mass is 278 g/mol. The minimum Gasteiger partial charge on any atom is -0.384 e. The van der Waals surface area contributed by atoms with Gasteiger partial charge in [0.1, 0.15) is 11.5 Å². The van der Waals surface area contributed by atoms with Gasteiger partial charge in [0.25, 0.3) is 5.91 Å². The van der Waals surface area contributed by atoms with E-state index >= 15 is 0 Å². The van der Waals surface area contributed by atoms with E-state index in [1.807, 2.05) is 4.90 Å². The molecule has 1 saturated heterocycles. The average Bonchev–Trinajstić information content (AvgIpc) is 2.93. The van der Waals surface area contributed by atoms with Crippen LogP contribution in [0.4, 0.5) is 5.82 Å². The van der Waals surface area contributed by atoms with Crippen molar-refractivity contribution in [2.75, 3.05) is 38.7 Å². The van der Waals surface area contributed by atoms with Gasteiger partial charge in [-0.05, 0) is 12.8 Å². The number of hydrogen-bond acceptors (Lipinski definition) is 5. The van der Waals surface area contributed by atoms with Crippen molar-refractivity contribution in [1.82, 2.24) is 14.9 Å². The third-order valence-electron chi connectivity index (χ3n) is 3.39. The van der Waals surface area contributed by atoms with Gasteiger partial charge in [0.05, 0.1) is 19.0 Å². The Morgan fingerprint density at radius 2 is 2.40 bits per heavy atom. The van der Waals surface area contributed by atoms with Crippen LogP contribution in [0.5, 0.6) is 0 Å². The third kappa shape index (κ3) is 3.66. The Kier molecular flexibility index (Phi) is 5.29. The van der Waals surface area contributed by atoms with Gasteiger partial charge in [0.15, 0.2) is 0 Å². The van der Waals surface area contributed by atoms with Crippen molar-refractivity contribution < 1.29 is 9.53 Å². The molecule has 2 rings (SSSR count). The second kappa shape index (κ2) is 7.19. The number of carbonyl (C=O) groups excluding carboxylic acids is 1. The van der Waals surface area contributed by atoms with Gasteiger partial charge in [-0.3, -0.25) is 9.78 Å². The summed E-state index contributed by atoms with van der Waals surface area (Å²) >= 11 is 0. The highest BCUT2D eigenvalue weighted by Crippen LogP contribution is 2.18. The predicted molar refractivity (Wildman–Crippen MR) is 76.7 cm³/mol. The van der Waals surface area contributed by atoms with Crippen molar-refractivity contribution >= 4 is 11.7 Å². The standard InChI is InChI=1S/C14H22N4O2/c1-3-5-16-13-8-15-7-12(17-13)14(19)18-6-4-11(9-18)10-20-2/h7-8,11H,3-6,9-10H2,1-2H3,(H,16,17). The van der Waals surface area contributed by atoms with E-state index in [0.29, 0.717) is 24.0 Å². The molecule has 1 N–H and O–H groups in total. The van der Waals surface area contributed by atoms with Crippen LogP contribution >= 0.6 is 0 Å². The molecule has 2 heterocycles. The summed E-state index contributed by atoms with van der Waals surface area (Å²) in [5, 5.41) is 3.14. The van der Waals surface area contributed by atoms with Crippen LogP contribution in [0.15, 0.2) is 12.4 Å². The molecule has 20 heavy (non-hydrogen) atoms. The van der Waals surface area contributed by atoms with Gasteiger partial charge in [-0.2, -0.15) is 0 Å². The van der Waals surface area contributed by atoms with Gasteiger partial charge in [-0.15, -0.1) is 0 Å². The summed E-state index contributed by atoms with van der Waals surface area (Å²) in [6, 6.07) is 0. The fraction of sp³-hybridized carbons (Fsp3) is 0.643. The van der Waals surface area contributed by atoms with Crippen LogP contribution in [0.25, 0.3) is 0 Å². The number of aromatic nitrogens is 2. The summed E-state index contributed by atoms with van der Waals surface area (Å²) in [7, 11) is 1.69. The van der Waals surface area contributed by atoms with Gasteiger partial charge in [0.2, 0.25) is 0 Å². The first kappa shape index (κ1) is 14.7. The van der Waals surface area contributed by atoms with E-state index in [0.717, 1.165) is 32.5 Å². The van der Waals surface area contributed by atoms with Crippen molar-refractivity contribution in [3.63, 3.8) is 0 Å². The van der Waals surface area contributed by atoms with E-state index < -0.39 is 0 Å². The Balaban J connectivity index is 1.98. The highest BCUT2D eigenvalue weighted by Gasteiger charge is 2.27. The number of amides is 1. The number of methoxy groups -OCH3 is 1. The first-order chi connectivity index (χ1) is 9.74. The van der Waals surface area contributed by atoms with E-state index in [1.165, 1.54) is 6.20 Å². The molecule has 1 fully saturated rings. The zero-order valence-corrected chi connectivity index (χ0v) is 12.1. The molecule has 1 aliphatic heterocycles. The molecular formula is C14H22N4O2. The maximum absolute atomic E-state index is 12.4. The summed E-state index contributed by atoms with van der Waals surface area (Å²) in [5.74, 6) is 1.04. The molecule has 1 aromatic rings. The number of nitrogens with one attached hydrogen (secondary N) is 1. The molecule has 1 aromatic heterocycles. The summed E-state index contributed by atoms with van der Waals surface area (Å²) in [6.07, 6.45) is 5.17. The molecule has 6 nitrogen and oxygen atoms in total. The lowest BCUT2D eigenvalue weighted by molar-refractivity contribution is 0.0769. The van der Waals surface area contributed by atoms with Gasteiger partial charge in [-0.25, -0.2) is 4.98 Å². The molecular weight excluding hydrogens is 256 g/mol. The van der Waals surface area contributed by atoms with Crippen LogP contribution in [0.2, 0.25) is 0 Å². The average molecular weight is 278 g/mol. The molecule has 0 spiro atoms. The van der Waals surface area contributed by atoms with Crippen LogP contribution in [0, 0.1) is 5.92 Å². The van der Waals surface area contributed by atoms with Crippen molar-refractivity contribution in [3.8, 4) is 0 Å². The maximum atomic E-state index is 12.4. The third-order valence-corrected chi connectivity index (χ3v) is 3.39. The lowest BCUT2D eigenvalue weighted by atomic mass is 10.1. The fourth-order valence-electron chi connectivity index (χ4n) is 2.36. The predicted octanol–water partition coefficient (Wildman–Crippen LogP) is 1.41. The molecule has 0 radical (unpaired) electrons. The van der Waals surface area contributed by atoms with Gasteiger partial charge < -0.3 is 15.0 Å². The summed E-state index contributed by atoms with van der Waals surface area (Å²) in [4.78, 5) is 22.6. The number of hydrogen-bond donors (Lipinski definition) is 1. The van der Waals surface area contributed by atoms with Crippen molar-refractivity contribution in [2.24, 2.45) is 5.92 Å². The Morgan fingerprint density at radius 1 is 1.55 bits per heavy atom. The first-order valence-electron chi connectivity index (χ1n) is 7.08. The molecule has 1 aliphatic rings. The smallest absolute Gasteiger partial charge is 0.274 e. The van der Waals surface area contributed by atoms with Crippen molar-refractivity contribution in [1.29, 1.82) is 0 Å². The molecule has 0 bridgehead atoms. The number of nitrogens with zero attached hydrogens (tertiary/aromatic N) is 3. The van der Waals surface area contributed by atoms with E-state index in [1.54, 1.807) is 13.3 Å². The van der Waals surface area contributed by atoms with Crippen LogP contribution < -0.4 is 5.32 Å². The Morgan fingerprint density at radius 3 is 3.15 bits per heavy atom. The minimum absolute atomic E-state index is 0.0451. The number of carbonyl (C=O) groups is 1. The summed E-state index contributed by atoms with van der Waals surface area (Å²) < 4.78 is 5.15. The van der Waals surface area contributed by atoms with Crippen LogP contribution in [-0.4, -0.2) is 54.1 Å². The second-order valence-corrected chi connectivity index (χ2v) is 5.08. The van der Waals surface area contributed by atoms with E-state index in [4.69, 9.17) is 4.74 Å². The van der Waals surface area contributed by atoms with E-state index in [9.17, 15) is 4.79 Å². The lowest BCUT2D eigenvalue weighted by Crippen LogP contribution is -2.30. The molecule has 0 aromatic carbocycles. The Hall–Kier alpha value is -1.69. The number of rotatable bonds is 6. The maximum Gasteiger partial charge on any atom is 0.274 e. The fourth-order valence-corrected chi connectivity index (χ4v) is 2.36. The van der Waals surface area contributed by atoms with Crippen molar-refractivity contribution in [2.45, 2.75) is 19.8 Å². The SMILES string of the molecule is CCCNc1cncc(C(=O)N2CCC(COC)C2)n1. The van der Waals surface area contributed by atoms with Crippen LogP contribution in [0.3, 0.4) is 0 Å². The normalized spacial score (nSPS) is 18.3. The zero-order chi connectivity index (χ0) is 14.4. The number of ether oxygens (including phenoxy) is 1. The molecule has 1 amide bonds. The number of anilines is 1. The van der Waals surface area contributed by atoms with E-state index in [-0.39, 0.29) is 5.91 Å². The van der Waals surface area contributed by atoms with E-state index in [2.05, 4.69) is 22.2 Å². The second-order valence-electron chi connectivity index (χ2n) is 5.08. The quantitative estimate of drug-likeness (QED) is 0.852. The molecule has 1 atom stereocenters. The highest BCUT2D eigenvalue weighted by molar-refractivity contribution is 5.92. The topological polar surface area (TPSA) is 67.4 Å². The Bertz CT molecular complexity index is 453. The first-order valence-corrected chi connectivity index (χ1v) is 7.08. The number of likely N-dealkylation sites (tertiary alicyclic amines) is 1. The van der Waals surface area contributed by atoms with Crippen LogP contribution in [-0.2, 0) is 4.74 Å². The molecule has 1 unspecified atom stereocenters. The van der Waals surface area contributed by atoms with Gasteiger partial charge in [-0.1, -0.05) is 6.92 Å². The summed E-state index contributed by atoms with van der Waals surface area (Å²) in [5.41, 5.74) is 0.407. The summed E-state index contributed by atoms with van der Waals surface area (Å²) in [6.45, 7) is 5.11. The van der Waals surface area contributed by atoms with Crippen molar-refractivity contribution in [3.05, 3.63) is 18.1 Å². The Labute approximate surface area is 119 Å². The lowest BCUT2D eigenvalue weighted by Gasteiger charge is -2.16. The molecule has 0 saturated carbocycles. The molecule has 110 valence electrons. The van der Waals surface area contributed by atoms with Gasteiger partial charge >= 0.3 is 0 Å². The van der Waals surface area contributed by atoms with Crippen LogP contribution in [0.1, 0.15) is 30.3 Å². The largest absolute Gasteiger partial charge is 0.384 e. The zero-order valence-electron chi connectivity index (χ0n) is 12.1. The van der Waals surface area contributed by atoms with Gasteiger partial charge in [0, 0.05) is 32.7 Å². The minimum atomic E-state index is -0.0451. The molecule has 6 heteroatoms. The molecule has 0 aliphatic carbocycles. The highest BCUT2D eigenvalue weighted by atomic mass is 16.5.